The summed E-state index contributed by atoms with van der Waals surface area (Å²) >= 11 is 0. The molecule has 0 aromatic heterocycles. The summed E-state index contributed by atoms with van der Waals surface area (Å²) in [7, 11) is 0. The summed E-state index contributed by atoms with van der Waals surface area (Å²) in [5.74, 6) is -0.817. The third-order valence-electron chi connectivity index (χ3n) is 2.41. The highest BCUT2D eigenvalue weighted by Gasteiger charge is 2.47. The SMILES string of the molecule is CCOC(=O)C1(O)CCCCC1F. The predicted molar refractivity (Wildman–Crippen MR) is 44.9 cm³/mol. The Morgan fingerprint density at radius 3 is 2.92 bits per heavy atom. The lowest BCUT2D eigenvalue weighted by Gasteiger charge is -2.32. The molecule has 0 aromatic carbocycles. The third-order valence-corrected chi connectivity index (χ3v) is 2.41. The molecule has 0 aliphatic heterocycles. The molecule has 1 aliphatic carbocycles. The zero-order valence-corrected chi connectivity index (χ0v) is 7.75. The van der Waals surface area contributed by atoms with Gasteiger partial charge in [-0.3, -0.25) is 0 Å². The van der Waals surface area contributed by atoms with E-state index in [4.69, 9.17) is 0 Å². The first-order valence-corrected chi connectivity index (χ1v) is 4.65. The molecule has 1 N–H and O–H groups in total. The van der Waals surface area contributed by atoms with Crippen LogP contribution in [0.25, 0.3) is 0 Å². The Morgan fingerprint density at radius 2 is 2.38 bits per heavy atom. The van der Waals surface area contributed by atoms with Crippen LogP contribution in [-0.4, -0.2) is 29.5 Å². The summed E-state index contributed by atoms with van der Waals surface area (Å²) in [6.07, 6.45) is 0.348. The highest BCUT2D eigenvalue weighted by atomic mass is 19.1. The second kappa shape index (κ2) is 4.05. The first-order valence-electron chi connectivity index (χ1n) is 4.65. The van der Waals surface area contributed by atoms with E-state index in [1.165, 1.54) is 0 Å². The Balaban J connectivity index is 2.65. The second-order valence-corrected chi connectivity index (χ2v) is 3.36. The molecule has 76 valence electrons. The van der Waals surface area contributed by atoms with Crippen molar-refractivity contribution >= 4 is 5.97 Å². The molecule has 0 aromatic rings. The van der Waals surface area contributed by atoms with E-state index in [0.717, 1.165) is 6.42 Å². The molecule has 0 saturated heterocycles. The average molecular weight is 190 g/mol. The van der Waals surface area contributed by atoms with E-state index in [0.29, 0.717) is 6.42 Å². The summed E-state index contributed by atoms with van der Waals surface area (Å²) in [4.78, 5) is 11.2. The lowest BCUT2D eigenvalue weighted by atomic mass is 9.83. The Morgan fingerprint density at radius 1 is 1.69 bits per heavy atom. The van der Waals surface area contributed by atoms with Crippen molar-refractivity contribution in [2.45, 2.75) is 44.4 Å². The molecule has 1 rings (SSSR count). The Kier molecular flexibility index (Phi) is 3.25. The van der Waals surface area contributed by atoms with Crippen molar-refractivity contribution in [3.63, 3.8) is 0 Å². The zero-order chi connectivity index (χ0) is 9.90. The van der Waals surface area contributed by atoms with Crippen molar-refractivity contribution in [1.29, 1.82) is 0 Å². The molecule has 0 radical (unpaired) electrons. The molecule has 0 spiro atoms. The minimum Gasteiger partial charge on any atom is -0.464 e. The van der Waals surface area contributed by atoms with E-state index in [9.17, 15) is 14.3 Å². The van der Waals surface area contributed by atoms with Crippen LogP contribution < -0.4 is 0 Å². The minimum atomic E-state index is -1.88. The van der Waals surface area contributed by atoms with Crippen LogP contribution in [0.2, 0.25) is 0 Å². The number of ether oxygens (including phenoxy) is 1. The summed E-state index contributed by atoms with van der Waals surface area (Å²) in [6.45, 7) is 1.81. The van der Waals surface area contributed by atoms with Crippen molar-refractivity contribution in [3.8, 4) is 0 Å². The predicted octanol–water partition coefficient (Wildman–Crippen LogP) is 1.19. The number of rotatable bonds is 2. The van der Waals surface area contributed by atoms with Crippen molar-refractivity contribution in [3.05, 3.63) is 0 Å². The third kappa shape index (κ3) is 1.99. The quantitative estimate of drug-likeness (QED) is 0.665. The fourth-order valence-electron chi connectivity index (χ4n) is 1.60. The van der Waals surface area contributed by atoms with E-state index in [1.807, 2.05) is 0 Å². The Labute approximate surface area is 76.9 Å². The van der Waals surface area contributed by atoms with Crippen molar-refractivity contribution < 1.29 is 19.0 Å². The van der Waals surface area contributed by atoms with Gasteiger partial charge in [0.05, 0.1) is 6.61 Å². The van der Waals surface area contributed by atoms with E-state index >= 15 is 0 Å². The van der Waals surface area contributed by atoms with Gasteiger partial charge in [-0.1, -0.05) is 6.42 Å². The van der Waals surface area contributed by atoms with Crippen LogP contribution in [0.1, 0.15) is 32.6 Å². The number of hydrogen-bond acceptors (Lipinski definition) is 3. The number of esters is 1. The van der Waals surface area contributed by atoms with Gasteiger partial charge in [0.25, 0.3) is 0 Å². The molecule has 0 heterocycles. The number of hydrogen-bond donors (Lipinski definition) is 1. The lowest BCUT2D eigenvalue weighted by Crippen LogP contribution is -2.50. The monoisotopic (exact) mass is 190 g/mol. The van der Waals surface area contributed by atoms with Crippen LogP contribution in [0.15, 0.2) is 0 Å². The minimum absolute atomic E-state index is 0.174. The van der Waals surface area contributed by atoms with Crippen LogP contribution in [-0.2, 0) is 9.53 Å². The van der Waals surface area contributed by atoms with Gasteiger partial charge < -0.3 is 9.84 Å². The number of carbonyl (C=O) groups excluding carboxylic acids is 1. The largest absolute Gasteiger partial charge is 0.464 e. The Hall–Kier alpha value is -0.640. The summed E-state index contributed by atoms with van der Waals surface area (Å²) in [6, 6.07) is 0. The van der Waals surface area contributed by atoms with Gasteiger partial charge in [0, 0.05) is 0 Å². The van der Waals surface area contributed by atoms with Crippen LogP contribution in [0.3, 0.4) is 0 Å². The smallest absolute Gasteiger partial charge is 0.341 e. The number of halogens is 1. The molecular weight excluding hydrogens is 175 g/mol. The van der Waals surface area contributed by atoms with Crippen LogP contribution >= 0.6 is 0 Å². The summed E-state index contributed by atoms with van der Waals surface area (Å²) < 4.78 is 17.9. The van der Waals surface area contributed by atoms with Gasteiger partial charge in [0.1, 0.15) is 6.17 Å². The number of carbonyl (C=O) groups is 1. The Bertz CT molecular complexity index is 195. The van der Waals surface area contributed by atoms with Crippen molar-refractivity contribution in [1.82, 2.24) is 0 Å². The molecule has 4 heteroatoms. The number of aliphatic hydroxyl groups is 1. The van der Waals surface area contributed by atoms with E-state index < -0.39 is 17.7 Å². The van der Waals surface area contributed by atoms with Gasteiger partial charge in [-0.2, -0.15) is 0 Å². The fraction of sp³-hybridized carbons (Fsp3) is 0.889. The second-order valence-electron chi connectivity index (χ2n) is 3.36. The van der Waals surface area contributed by atoms with Gasteiger partial charge in [-0.15, -0.1) is 0 Å². The molecule has 2 atom stereocenters. The lowest BCUT2D eigenvalue weighted by molar-refractivity contribution is -0.176. The van der Waals surface area contributed by atoms with E-state index in [1.54, 1.807) is 6.92 Å². The first kappa shape index (κ1) is 10.4. The van der Waals surface area contributed by atoms with E-state index in [-0.39, 0.29) is 19.4 Å². The molecule has 1 fully saturated rings. The maximum atomic E-state index is 13.3. The van der Waals surface area contributed by atoms with Crippen LogP contribution in [0.5, 0.6) is 0 Å². The molecule has 1 aliphatic rings. The van der Waals surface area contributed by atoms with Crippen LogP contribution in [0.4, 0.5) is 4.39 Å². The average Bonchev–Trinajstić information content (AvgIpc) is 2.11. The molecule has 3 nitrogen and oxygen atoms in total. The van der Waals surface area contributed by atoms with Crippen molar-refractivity contribution in [2.24, 2.45) is 0 Å². The maximum Gasteiger partial charge on any atom is 0.341 e. The maximum absolute atomic E-state index is 13.3. The molecule has 13 heavy (non-hydrogen) atoms. The molecule has 0 amide bonds. The van der Waals surface area contributed by atoms with Gasteiger partial charge >= 0.3 is 5.97 Å². The topological polar surface area (TPSA) is 46.5 Å². The highest BCUT2D eigenvalue weighted by Crippen LogP contribution is 2.31. The zero-order valence-electron chi connectivity index (χ0n) is 7.75. The molecular formula is C9H15FO3. The van der Waals surface area contributed by atoms with Gasteiger partial charge in [-0.25, -0.2) is 9.18 Å². The van der Waals surface area contributed by atoms with Crippen LogP contribution in [0, 0.1) is 0 Å². The van der Waals surface area contributed by atoms with Crippen molar-refractivity contribution in [2.75, 3.05) is 6.61 Å². The standard InChI is InChI=1S/C9H15FO3/c1-2-13-8(11)9(12)6-4-3-5-7(9)10/h7,12H,2-6H2,1H3. The molecule has 1 saturated carbocycles. The molecule has 2 unspecified atom stereocenters. The fourth-order valence-corrected chi connectivity index (χ4v) is 1.60. The summed E-state index contributed by atoms with van der Waals surface area (Å²) in [5, 5.41) is 9.69. The first-order chi connectivity index (χ1) is 6.11. The van der Waals surface area contributed by atoms with E-state index in [2.05, 4.69) is 4.74 Å². The highest BCUT2D eigenvalue weighted by molar-refractivity contribution is 5.80. The number of alkyl halides is 1. The van der Waals surface area contributed by atoms with Gasteiger partial charge in [-0.05, 0) is 26.2 Å². The normalized spacial score (nSPS) is 34.2. The molecule has 0 bridgehead atoms. The van der Waals surface area contributed by atoms with Gasteiger partial charge in [0.2, 0.25) is 0 Å². The van der Waals surface area contributed by atoms with Gasteiger partial charge in [0.15, 0.2) is 5.60 Å². The summed E-state index contributed by atoms with van der Waals surface area (Å²) in [5.41, 5.74) is -1.88.